The summed E-state index contributed by atoms with van der Waals surface area (Å²) in [5, 5.41) is 22.8. The van der Waals surface area contributed by atoms with Gasteiger partial charge in [-0.3, -0.25) is 19.7 Å². The predicted molar refractivity (Wildman–Crippen MR) is 79.5 cm³/mol. The number of aliphatic carboxylic acids is 1. The van der Waals surface area contributed by atoms with E-state index < -0.39 is 28.6 Å². The van der Waals surface area contributed by atoms with Crippen molar-refractivity contribution in [3.05, 3.63) is 45.5 Å². The van der Waals surface area contributed by atoms with Crippen LogP contribution in [0.5, 0.6) is 0 Å². The van der Waals surface area contributed by atoms with Crippen molar-refractivity contribution >= 4 is 34.9 Å². The molecule has 1 aromatic carbocycles. The van der Waals surface area contributed by atoms with Crippen LogP contribution in [0, 0.1) is 22.0 Å². The van der Waals surface area contributed by atoms with Crippen molar-refractivity contribution in [1.82, 2.24) is 0 Å². The van der Waals surface area contributed by atoms with Gasteiger partial charge in [-0.2, -0.15) is 0 Å². The van der Waals surface area contributed by atoms with E-state index in [0.29, 0.717) is 10.7 Å². The molecule has 0 aromatic heterocycles. The van der Waals surface area contributed by atoms with Crippen LogP contribution in [0.4, 0.5) is 11.4 Å². The molecule has 2 atom stereocenters. The number of allylic oxidation sites excluding steroid dienone is 2. The highest BCUT2D eigenvalue weighted by atomic mass is 35.5. The molecule has 0 fully saturated rings. The van der Waals surface area contributed by atoms with Crippen LogP contribution < -0.4 is 5.32 Å². The summed E-state index contributed by atoms with van der Waals surface area (Å²) in [4.78, 5) is 33.5. The number of nitro groups is 1. The molecule has 2 rings (SSSR count). The summed E-state index contributed by atoms with van der Waals surface area (Å²) in [6.45, 7) is 0. The monoisotopic (exact) mass is 324 g/mol. The van der Waals surface area contributed by atoms with Gasteiger partial charge in [0.05, 0.1) is 16.8 Å². The molecule has 7 nitrogen and oxygen atoms in total. The van der Waals surface area contributed by atoms with Crippen molar-refractivity contribution in [1.29, 1.82) is 0 Å². The second-order valence-electron chi connectivity index (χ2n) is 4.94. The van der Waals surface area contributed by atoms with E-state index in [1.165, 1.54) is 24.3 Å². The maximum atomic E-state index is 12.3. The van der Waals surface area contributed by atoms with Gasteiger partial charge in [0, 0.05) is 22.9 Å². The largest absolute Gasteiger partial charge is 0.481 e. The third-order valence-electron chi connectivity index (χ3n) is 3.49. The number of nitrogens with one attached hydrogen (secondary N) is 1. The van der Waals surface area contributed by atoms with Crippen LogP contribution in [0.15, 0.2) is 35.4 Å². The van der Waals surface area contributed by atoms with Crippen LogP contribution in [0.25, 0.3) is 0 Å². The summed E-state index contributed by atoms with van der Waals surface area (Å²) in [5.74, 6) is -3.12. The van der Waals surface area contributed by atoms with Crippen LogP contribution in [-0.4, -0.2) is 21.9 Å². The van der Waals surface area contributed by atoms with Gasteiger partial charge in [-0.05, 0) is 25.0 Å². The van der Waals surface area contributed by atoms with E-state index in [2.05, 4.69) is 5.32 Å². The standard InChI is InChI=1S/C14H13ClN2O5/c15-8-1-6-11(14(19)20)12(7-8)13(18)16-9-2-4-10(5-3-9)17(21)22/h1-5,11-12H,6-7H2,(H,16,18)(H,19,20). The Hall–Kier alpha value is -2.41. The molecule has 0 radical (unpaired) electrons. The van der Waals surface area contributed by atoms with Crippen molar-refractivity contribution in [3.8, 4) is 0 Å². The van der Waals surface area contributed by atoms with E-state index in [1.54, 1.807) is 6.08 Å². The van der Waals surface area contributed by atoms with E-state index in [4.69, 9.17) is 11.6 Å². The van der Waals surface area contributed by atoms with Gasteiger partial charge in [0.15, 0.2) is 0 Å². The molecule has 0 aliphatic heterocycles. The molecule has 0 heterocycles. The lowest BCUT2D eigenvalue weighted by atomic mass is 9.82. The number of amides is 1. The van der Waals surface area contributed by atoms with E-state index in [1.807, 2.05) is 0 Å². The Labute approximate surface area is 130 Å². The molecule has 0 bridgehead atoms. The summed E-state index contributed by atoms with van der Waals surface area (Å²) >= 11 is 5.90. The van der Waals surface area contributed by atoms with Crippen molar-refractivity contribution in [2.75, 3.05) is 5.32 Å². The summed E-state index contributed by atoms with van der Waals surface area (Å²) in [7, 11) is 0. The van der Waals surface area contributed by atoms with Crippen LogP contribution >= 0.6 is 11.6 Å². The Balaban J connectivity index is 2.11. The van der Waals surface area contributed by atoms with Crippen molar-refractivity contribution in [3.63, 3.8) is 0 Å². The minimum atomic E-state index is -1.05. The fraction of sp³-hybridized carbons (Fsp3) is 0.286. The maximum Gasteiger partial charge on any atom is 0.307 e. The second kappa shape index (κ2) is 6.57. The van der Waals surface area contributed by atoms with E-state index in [9.17, 15) is 24.8 Å². The second-order valence-corrected chi connectivity index (χ2v) is 5.42. The number of rotatable bonds is 4. The lowest BCUT2D eigenvalue weighted by Gasteiger charge is -2.25. The van der Waals surface area contributed by atoms with E-state index in [-0.39, 0.29) is 18.5 Å². The van der Waals surface area contributed by atoms with Gasteiger partial charge < -0.3 is 10.4 Å². The number of carboxylic acid groups (broad SMARTS) is 1. The quantitative estimate of drug-likeness (QED) is 0.653. The highest BCUT2D eigenvalue weighted by Gasteiger charge is 2.36. The van der Waals surface area contributed by atoms with E-state index >= 15 is 0 Å². The molecule has 1 aromatic rings. The molecule has 0 saturated heterocycles. The Morgan fingerprint density at radius 3 is 2.45 bits per heavy atom. The van der Waals surface area contributed by atoms with Crippen molar-refractivity contribution in [2.45, 2.75) is 12.8 Å². The summed E-state index contributed by atoms with van der Waals surface area (Å²) in [6, 6.07) is 5.31. The molecule has 116 valence electrons. The molecular formula is C14H13ClN2O5. The predicted octanol–water partition coefficient (Wildman–Crippen LogP) is 2.77. The minimum Gasteiger partial charge on any atom is -0.481 e. The van der Waals surface area contributed by atoms with Crippen LogP contribution in [0.3, 0.4) is 0 Å². The Kier molecular flexibility index (Phi) is 4.77. The molecular weight excluding hydrogens is 312 g/mol. The van der Waals surface area contributed by atoms with Crippen LogP contribution in [0.1, 0.15) is 12.8 Å². The smallest absolute Gasteiger partial charge is 0.307 e. The summed E-state index contributed by atoms with van der Waals surface area (Å²) in [6.07, 6.45) is 1.97. The fourth-order valence-electron chi connectivity index (χ4n) is 2.30. The highest BCUT2D eigenvalue weighted by Crippen LogP contribution is 2.32. The highest BCUT2D eigenvalue weighted by molar-refractivity contribution is 6.29. The van der Waals surface area contributed by atoms with Crippen LogP contribution in [-0.2, 0) is 9.59 Å². The number of carboxylic acids is 1. The first-order valence-corrected chi connectivity index (χ1v) is 6.89. The molecule has 2 N–H and O–H groups in total. The first-order chi connectivity index (χ1) is 10.4. The van der Waals surface area contributed by atoms with Crippen LogP contribution in [0.2, 0.25) is 0 Å². The zero-order valence-electron chi connectivity index (χ0n) is 11.4. The number of halogens is 1. The summed E-state index contributed by atoms with van der Waals surface area (Å²) in [5.41, 5.74) is 0.274. The number of anilines is 1. The van der Waals surface area contributed by atoms with Crippen molar-refractivity contribution in [2.24, 2.45) is 11.8 Å². The maximum absolute atomic E-state index is 12.3. The molecule has 8 heteroatoms. The zero-order chi connectivity index (χ0) is 16.3. The fourth-order valence-corrected chi connectivity index (χ4v) is 2.56. The third kappa shape index (κ3) is 3.62. The third-order valence-corrected chi connectivity index (χ3v) is 3.80. The molecule has 1 aliphatic carbocycles. The number of carbonyl (C=O) groups is 2. The number of hydrogen-bond acceptors (Lipinski definition) is 4. The molecule has 0 saturated carbocycles. The number of hydrogen-bond donors (Lipinski definition) is 2. The normalized spacial score (nSPS) is 20.9. The van der Waals surface area contributed by atoms with Gasteiger partial charge in [-0.25, -0.2) is 0 Å². The number of benzene rings is 1. The zero-order valence-corrected chi connectivity index (χ0v) is 12.1. The van der Waals surface area contributed by atoms with Gasteiger partial charge >= 0.3 is 5.97 Å². The molecule has 1 amide bonds. The molecule has 0 spiro atoms. The number of nitro benzene ring substituents is 1. The lowest BCUT2D eigenvalue weighted by Crippen LogP contribution is -2.35. The lowest BCUT2D eigenvalue weighted by molar-refractivity contribution is -0.384. The summed E-state index contributed by atoms with van der Waals surface area (Å²) < 4.78 is 0. The number of carbonyl (C=O) groups excluding carboxylic acids is 1. The molecule has 22 heavy (non-hydrogen) atoms. The topological polar surface area (TPSA) is 110 Å². The Bertz CT molecular complexity index is 641. The van der Waals surface area contributed by atoms with Gasteiger partial charge in [0.1, 0.15) is 0 Å². The molecule has 2 unspecified atom stereocenters. The van der Waals surface area contributed by atoms with Crippen molar-refractivity contribution < 1.29 is 19.6 Å². The van der Waals surface area contributed by atoms with Gasteiger partial charge in [-0.1, -0.05) is 17.7 Å². The Morgan fingerprint density at radius 2 is 1.91 bits per heavy atom. The average Bonchev–Trinajstić information content (AvgIpc) is 2.47. The first-order valence-electron chi connectivity index (χ1n) is 6.51. The Morgan fingerprint density at radius 1 is 1.27 bits per heavy atom. The SMILES string of the molecule is O=C(O)C1CC=C(Cl)CC1C(=O)Nc1ccc([N+](=O)[O-])cc1. The van der Waals surface area contributed by atoms with Gasteiger partial charge in [-0.15, -0.1) is 0 Å². The molecule has 1 aliphatic rings. The van der Waals surface area contributed by atoms with E-state index in [0.717, 1.165) is 0 Å². The number of nitrogens with zero attached hydrogens (tertiary/aromatic N) is 1. The average molecular weight is 325 g/mol. The number of non-ortho nitro benzene ring substituents is 1. The minimum absolute atomic E-state index is 0.0925. The van der Waals surface area contributed by atoms with Gasteiger partial charge in [0.2, 0.25) is 5.91 Å². The van der Waals surface area contributed by atoms with Gasteiger partial charge in [0.25, 0.3) is 5.69 Å². The first kappa shape index (κ1) is 16.0.